The molecule has 12 rings (SSSR count). The van der Waals surface area contributed by atoms with E-state index in [-0.39, 0.29) is 0 Å². The second-order valence-electron chi connectivity index (χ2n) is 16.2. The molecule has 63 heavy (non-hydrogen) atoms. The van der Waals surface area contributed by atoms with Crippen molar-refractivity contribution < 1.29 is 0 Å². The summed E-state index contributed by atoms with van der Waals surface area (Å²) in [5.74, 6) is 0. The molecular formula is C60H40N2S. The molecule has 0 aliphatic carbocycles. The fourth-order valence-electron chi connectivity index (χ4n) is 9.30. The highest BCUT2D eigenvalue weighted by Gasteiger charge is 2.19. The highest BCUT2D eigenvalue weighted by Crippen LogP contribution is 2.42. The standard InChI is InChI=1S/C60H40N2S/c1-3-13-41(14-4-1)45-17-11-19-47(37-45)43-25-29-49(30-26-43)61(50-31-27-44(28-32-50)48-20-12-18-46(38-48)42-15-5-2-6-16-42)52-33-35-54-53-21-7-9-23-57(53)62(58(54)40-52)51-34-36-60-56(39-51)55-22-8-10-24-59(55)63-60/h1-40H. The van der Waals surface area contributed by atoms with Gasteiger partial charge in [0.15, 0.2) is 0 Å². The predicted molar refractivity (Wildman–Crippen MR) is 270 cm³/mol. The molecule has 0 aliphatic rings. The highest BCUT2D eigenvalue weighted by atomic mass is 32.1. The number of nitrogens with zero attached hydrogens (tertiary/aromatic N) is 2. The number of rotatable bonds is 8. The molecule has 12 aromatic rings. The van der Waals surface area contributed by atoms with Gasteiger partial charge in [-0.2, -0.15) is 0 Å². The zero-order valence-electron chi connectivity index (χ0n) is 34.4. The molecule has 2 nitrogen and oxygen atoms in total. The molecule has 2 heterocycles. The average Bonchev–Trinajstić information content (AvgIpc) is 3.90. The van der Waals surface area contributed by atoms with E-state index in [0.717, 1.165) is 22.7 Å². The van der Waals surface area contributed by atoms with Crippen molar-refractivity contribution in [3.8, 4) is 50.2 Å². The molecule has 0 fully saturated rings. The molecule has 2 aromatic heterocycles. The minimum absolute atomic E-state index is 1.09. The van der Waals surface area contributed by atoms with Crippen LogP contribution >= 0.6 is 11.3 Å². The van der Waals surface area contributed by atoms with Gasteiger partial charge in [0, 0.05) is 53.7 Å². The Labute approximate surface area is 370 Å². The summed E-state index contributed by atoms with van der Waals surface area (Å²) < 4.78 is 5.07. The summed E-state index contributed by atoms with van der Waals surface area (Å²) in [4.78, 5) is 2.39. The number of hydrogen-bond donors (Lipinski definition) is 0. The maximum Gasteiger partial charge on any atom is 0.0561 e. The lowest BCUT2D eigenvalue weighted by Crippen LogP contribution is -2.10. The van der Waals surface area contributed by atoms with Gasteiger partial charge in [-0.15, -0.1) is 11.3 Å². The SMILES string of the molecule is c1ccc(-c2cccc(-c3ccc(N(c4ccc(-c5cccc(-c6ccccc6)c5)cc4)c4ccc5c6ccccc6n(-c6ccc7sc8ccccc8c7c6)c5c4)cc3)c2)cc1. The molecule has 0 saturated heterocycles. The van der Waals surface area contributed by atoms with Crippen LogP contribution in [0.3, 0.4) is 0 Å². The third-order valence-electron chi connectivity index (χ3n) is 12.4. The monoisotopic (exact) mass is 820 g/mol. The summed E-state index contributed by atoms with van der Waals surface area (Å²) in [6.45, 7) is 0. The van der Waals surface area contributed by atoms with Gasteiger partial charge < -0.3 is 9.47 Å². The molecule has 0 saturated carbocycles. The molecular weight excluding hydrogens is 781 g/mol. The third-order valence-corrected chi connectivity index (χ3v) is 13.5. The van der Waals surface area contributed by atoms with Gasteiger partial charge in [-0.25, -0.2) is 0 Å². The van der Waals surface area contributed by atoms with Crippen molar-refractivity contribution >= 4 is 70.4 Å². The van der Waals surface area contributed by atoms with E-state index in [1.54, 1.807) is 0 Å². The van der Waals surface area contributed by atoms with E-state index in [0.29, 0.717) is 0 Å². The van der Waals surface area contributed by atoms with Crippen LogP contribution in [0.5, 0.6) is 0 Å². The van der Waals surface area contributed by atoms with Crippen LogP contribution in [0.4, 0.5) is 17.1 Å². The second-order valence-corrected chi connectivity index (χ2v) is 17.2. The molecule has 0 amide bonds. The van der Waals surface area contributed by atoms with E-state index in [2.05, 4.69) is 252 Å². The van der Waals surface area contributed by atoms with Gasteiger partial charge in [-0.3, -0.25) is 0 Å². The summed E-state index contributed by atoms with van der Waals surface area (Å²) in [6, 6.07) is 88.4. The van der Waals surface area contributed by atoms with Gasteiger partial charge in [0.1, 0.15) is 0 Å². The van der Waals surface area contributed by atoms with Gasteiger partial charge in [-0.1, -0.05) is 164 Å². The number of fused-ring (bicyclic) bond motifs is 6. The molecule has 3 heteroatoms. The summed E-state index contributed by atoms with van der Waals surface area (Å²) in [5.41, 5.74) is 16.4. The molecule has 0 radical (unpaired) electrons. The zero-order chi connectivity index (χ0) is 41.7. The Kier molecular flexibility index (Phi) is 9.06. The maximum atomic E-state index is 2.45. The minimum Gasteiger partial charge on any atom is -0.310 e. The topological polar surface area (TPSA) is 8.17 Å². The van der Waals surface area contributed by atoms with Gasteiger partial charge >= 0.3 is 0 Å². The first-order chi connectivity index (χ1) is 31.2. The van der Waals surface area contributed by atoms with Gasteiger partial charge in [0.05, 0.1) is 11.0 Å². The van der Waals surface area contributed by atoms with Crippen LogP contribution in [0.2, 0.25) is 0 Å². The summed E-state index contributed by atoms with van der Waals surface area (Å²) in [7, 11) is 0. The fourth-order valence-corrected chi connectivity index (χ4v) is 10.4. The quantitative estimate of drug-likeness (QED) is 0.148. The Hall–Kier alpha value is -7.98. The van der Waals surface area contributed by atoms with Crippen LogP contribution in [-0.2, 0) is 0 Å². The second kappa shape index (κ2) is 15.5. The van der Waals surface area contributed by atoms with Crippen molar-refractivity contribution in [1.82, 2.24) is 4.57 Å². The summed E-state index contributed by atoms with van der Waals surface area (Å²) >= 11 is 1.86. The molecule has 10 aromatic carbocycles. The normalized spacial score (nSPS) is 11.5. The lowest BCUT2D eigenvalue weighted by Gasteiger charge is -2.26. The molecule has 296 valence electrons. The molecule has 0 N–H and O–H groups in total. The van der Waals surface area contributed by atoms with E-state index in [1.165, 1.54) is 86.5 Å². The predicted octanol–water partition coefficient (Wildman–Crippen LogP) is 17.3. The maximum absolute atomic E-state index is 2.45. The first-order valence-corrected chi connectivity index (χ1v) is 22.3. The average molecular weight is 821 g/mol. The van der Waals surface area contributed by atoms with Crippen LogP contribution < -0.4 is 4.90 Å². The van der Waals surface area contributed by atoms with Crippen LogP contribution in [0, 0.1) is 0 Å². The fraction of sp³-hybridized carbons (Fsp3) is 0. The Morgan fingerprint density at radius 2 is 0.730 bits per heavy atom. The lowest BCUT2D eigenvalue weighted by molar-refractivity contribution is 1.18. The van der Waals surface area contributed by atoms with Crippen molar-refractivity contribution in [3.05, 3.63) is 243 Å². The first kappa shape index (κ1) is 36.8. The van der Waals surface area contributed by atoms with Crippen molar-refractivity contribution in [2.75, 3.05) is 4.90 Å². The molecule has 0 aliphatic heterocycles. The Morgan fingerprint density at radius 1 is 0.270 bits per heavy atom. The van der Waals surface area contributed by atoms with Crippen molar-refractivity contribution in [3.63, 3.8) is 0 Å². The van der Waals surface area contributed by atoms with Crippen LogP contribution in [-0.4, -0.2) is 4.57 Å². The van der Waals surface area contributed by atoms with Crippen molar-refractivity contribution in [2.45, 2.75) is 0 Å². The lowest BCUT2D eigenvalue weighted by atomic mass is 9.98. The van der Waals surface area contributed by atoms with Crippen LogP contribution in [0.15, 0.2) is 243 Å². The van der Waals surface area contributed by atoms with Gasteiger partial charge in [0.25, 0.3) is 0 Å². The van der Waals surface area contributed by atoms with Gasteiger partial charge in [0.2, 0.25) is 0 Å². The van der Waals surface area contributed by atoms with E-state index in [9.17, 15) is 0 Å². The van der Waals surface area contributed by atoms with Gasteiger partial charge in [-0.05, 0) is 123 Å². The van der Waals surface area contributed by atoms with E-state index < -0.39 is 0 Å². The third kappa shape index (κ3) is 6.67. The Morgan fingerprint density at radius 3 is 1.33 bits per heavy atom. The van der Waals surface area contributed by atoms with Crippen LogP contribution in [0.1, 0.15) is 0 Å². The largest absolute Gasteiger partial charge is 0.310 e. The molecule has 0 unspecified atom stereocenters. The van der Waals surface area contributed by atoms with E-state index >= 15 is 0 Å². The van der Waals surface area contributed by atoms with E-state index in [4.69, 9.17) is 0 Å². The molecule has 0 atom stereocenters. The number of hydrogen-bond acceptors (Lipinski definition) is 2. The molecule has 0 spiro atoms. The summed E-state index contributed by atoms with van der Waals surface area (Å²) in [5, 5.41) is 5.06. The van der Waals surface area contributed by atoms with Crippen LogP contribution in [0.25, 0.3) is 92.2 Å². The zero-order valence-corrected chi connectivity index (χ0v) is 35.2. The number of benzene rings is 10. The first-order valence-electron chi connectivity index (χ1n) is 21.5. The molecule has 0 bridgehead atoms. The summed E-state index contributed by atoms with van der Waals surface area (Å²) in [6.07, 6.45) is 0. The number of thiophene rings is 1. The van der Waals surface area contributed by atoms with Crippen molar-refractivity contribution in [2.24, 2.45) is 0 Å². The number of aromatic nitrogens is 1. The minimum atomic E-state index is 1.09. The van der Waals surface area contributed by atoms with Crippen molar-refractivity contribution in [1.29, 1.82) is 0 Å². The smallest absolute Gasteiger partial charge is 0.0561 e. The van der Waals surface area contributed by atoms with E-state index in [1.807, 2.05) is 11.3 Å². The Balaban J connectivity index is 0.994. The highest BCUT2D eigenvalue weighted by molar-refractivity contribution is 7.25. The Bertz CT molecular complexity index is 3470. The number of para-hydroxylation sites is 1. The number of anilines is 3.